The highest BCUT2D eigenvalue weighted by Crippen LogP contribution is 2.21. The molecule has 0 bridgehead atoms. The topological polar surface area (TPSA) is 34.1 Å². The number of Topliss-reactive ketones (excluding diaryl/α,β-unsaturated/α-hetero) is 1. The molecule has 0 heterocycles. The number of ketones is 1. The van der Waals surface area contributed by atoms with Crippen molar-refractivity contribution in [3.63, 3.8) is 0 Å². The van der Waals surface area contributed by atoms with Crippen molar-refractivity contribution < 1.29 is 9.59 Å². The summed E-state index contributed by atoms with van der Waals surface area (Å²) in [5.74, 6) is -0.0411. The van der Waals surface area contributed by atoms with Gasteiger partial charge < -0.3 is 0 Å². The van der Waals surface area contributed by atoms with E-state index in [-0.39, 0.29) is 10.6 Å². The van der Waals surface area contributed by atoms with Gasteiger partial charge in [0.25, 0.3) is 0 Å². The van der Waals surface area contributed by atoms with E-state index in [1.165, 1.54) is 0 Å². The molecule has 0 N–H and O–H groups in total. The molecule has 0 radical (unpaired) electrons. The Morgan fingerprint density at radius 2 is 2.14 bits per heavy atom. The second kappa shape index (κ2) is 4.84. The highest BCUT2D eigenvalue weighted by molar-refractivity contribution is 9.10. The summed E-state index contributed by atoms with van der Waals surface area (Å²) in [5.41, 5.74) is 1.03. The van der Waals surface area contributed by atoms with Gasteiger partial charge in [-0.3, -0.25) is 9.59 Å². The Bertz CT molecular complexity index is 372. The third-order valence-electron chi connectivity index (χ3n) is 1.75. The molecule has 0 saturated carbocycles. The summed E-state index contributed by atoms with van der Waals surface area (Å²) in [4.78, 5) is 21.9. The Hall–Kier alpha value is -0.480. The lowest BCUT2D eigenvalue weighted by molar-refractivity contribution is 0.0995. The van der Waals surface area contributed by atoms with Gasteiger partial charge in [-0.2, -0.15) is 0 Å². The average molecular weight is 320 g/mol. The quantitative estimate of drug-likeness (QED) is 0.487. The van der Waals surface area contributed by atoms with E-state index in [9.17, 15) is 9.59 Å². The van der Waals surface area contributed by atoms with Crippen molar-refractivity contribution >= 4 is 43.9 Å². The Balaban J connectivity index is 3.18. The number of aldehydes is 1. The number of hydrogen-bond acceptors (Lipinski definition) is 2. The molecule has 4 heteroatoms. The molecule has 2 nitrogen and oxygen atoms in total. The Morgan fingerprint density at radius 1 is 1.50 bits per heavy atom. The van der Waals surface area contributed by atoms with E-state index in [2.05, 4.69) is 31.9 Å². The molecule has 74 valence electrons. The van der Waals surface area contributed by atoms with Gasteiger partial charge in [-0.25, -0.2) is 0 Å². The summed E-state index contributed by atoms with van der Waals surface area (Å²) in [5, 5.41) is 0. The van der Waals surface area contributed by atoms with Gasteiger partial charge in [0.05, 0.1) is 4.83 Å². The zero-order valence-corrected chi connectivity index (χ0v) is 10.6. The number of carbonyl (C=O) groups is 2. The fourth-order valence-electron chi connectivity index (χ4n) is 1.02. The molecule has 1 unspecified atom stereocenters. The first-order valence-corrected chi connectivity index (χ1v) is 5.70. The maximum Gasteiger partial charge on any atom is 0.177 e. The van der Waals surface area contributed by atoms with Crippen molar-refractivity contribution in [1.82, 2.24) is 0 Å². The molecule has 14 heavy (non-hydrogen) atoms. The van der Waals surface area contributed by atoms with Gasteiger partial charge in [0.1, 0.15) is 6.29 Å². The van der Waals surface area contributed by atoms with Gasteiger partial charge >= 0.3 is 0 Å². The lowest BCUT2D eigenvalue weighted by atomic mass is 10.1. The van der Waals surface area contributed by atoms with Gasteiger partial charge in [-0.05, 0) is 19.1 Å². The monoisotopic (exact) mass is 318 g/mol. The molecule has 1 aromatic rings. The van der Waals surface area contributed by atoms with Crippen LogP contribution in [0.5, 0.6) is 0 Å². The number of rotatable bonds is 3. The predicted octanol–water partition coefficient (Wildman–Crippen LogP) is 3.23. The van der Waals surface area contributed by atoms with Crippen LogP contribution in [0.15, 0.2) is 22.7 Å². The molecule has 0 amide bonds. The smallest absolute Gasteiger partial charge is 0.177 e. The summed E-state index contributed by atoms with van der Waals surface area (Å²) < 4.78 is 0.708. The second-order valence-electron chi connectivity index (χ2n) is 2.84. The fraction of sp³-hybridized carbons (Fsp3) is 0.200. The maximum absolute atomic E-state index is 11.6. The zero-order valence-electron chi connectivity index (χ0n) is 7.46. The van der Waals surface area contributed by atoms with Crippen LogP contribution in [0.25, 0.3) is 0 Å². The summed E-state index contributed by atoms with van der Waals surface area (Å²) in [7, 11) is 0. The first kappa shape index (κ1) is 11.6. The van der Waals surface area contributed by atoms with Gasteiger partial charge in [-0.1, -0.05) is 37.9 Å². The molecule has 0 spiro atoms. The summed E-state index contributed by atoms with van der Waals surface area (Å²) in [6.45, 7) is 1.75. The first-order valence-electron chi connectivity index (χ1n) is 3.99. The molecular weight excluding hydrogens is 312 g/mol. The standard InChI is InChI=1S/C10H8Br2O2/c1-6(11)10(14)8-4-7(5-13)2-3-9(8)12/h2-6H,1H3. The number of hydrogen-bond donors (Lipinski definition) is 0. The zero-order chi connectivity index (χ0) is 10.7. The van der Waals surface area contributed by atoms with E-state index in [4.69, 9.17) is 0 Å². The first-order chi connectivity index (χ1) is 6.56. The fourth-order valence-corrected chi connectivity index (χ4v) is 1.71. The summed E-state index contributed by atoms with van der Waals surface area (Å²) in [6.07, 6.45) is 0.724. The Morgan fingerprint density at radius 3 is 2.64 bits per heavy atom. The molecule has 1 aromatic carbocycles. The van der Waals surface area contributed by atoms with E-state index in [0.717, 1.165) is 6.29 Å². The van der Waals surface area contributed by atoms with Crippen LogP contribution in [-0.4, -0.2) is 16.9 Å². The van der Waals surface area contributed by atoms with Crippen molar-refractivity contribution in [1.29, 1.82) is 0 Å². The highest BCUT2D eigenvalue weighted by Gasteiger charge is 2.15. The van der Waals surface area contributed by atoms with Crippen LogP contribution in [0.2, 0.25) is 0 Å². The average Bonchev–Trinajstić information content (AvgIpc) is 2.17. The number of halogens is 2. The van der Waals surface area contributed by atoms with Gasteiger partial charge in [0, 0.05) is 15.6 Å². The molecule has 0 aliphatic carbocycles. The third-order valence-corrected chi connectivity index (χ3v) is 2.86. The van der Waals surface area contributed by atoms with Crippen LogP contribution in [0.4, 0.5) is 0 Å². The minimum atomic E-state index is -0.249. The number of alkyl halides is 1. The van der Waals surface area contributed by atoms with Crippen LogP contribution < -0.4 is 0 Å². The van der Waals surface area contributed by atoms with Crippen LogP contribution in [0.3, 0.4) is 0 Å². The normalized spacial score (nSPS) is 12.2. The summed E-state index contributed by atoms with van der Waals surface area (Å²) >= 11 is 6.47. The second-order valence-corrected chi connectivity index (χ2v) is 5.07. The maximum atomic E-state index is 11.6. The molecule has 0 aliphatic rings. The lowest BCUT2D eigenvalue weighted by Gasteiger charge is -2.05. The van der Waals surface area contributed by atoms with Crippen LogP contribution >= 0.6 is 31.9 Å². The largest absolute Gasteiger partial charge is 0.298 e. The minimum absolute atomic E-state index is 0.0411. The number of carbonyl (C=O) groups excluding carboxylic acids is 2. The van der Waals surface area contributed by atoms with E-state index in [1.54, 1.807) is 25.1 Å². The van der Waals surface area contributed by atoms with E-state index >= 15 is 0 Å². The molecule has 1 atom stereocenters. The third kappa shape index (κ3) is 2.51. The molecular formula is C10H8Br2O2. The molecule has 0 aromatic heterocycles. The Kier molecular flexibility index (Phi) is 4.01. The number of benzene rings is 1. The summed E-state index contributed by atoms with van der Waals surface area (Å²) in [6, 6.07) is 4.94. The molecule has 0 aliphatic heterocycles. The van der Waals surface area contributed by atoms with Gasteiger partial charge in [0.2, 0.25) is 0 Å². The predicted molar refractivity (Wildman–Crippen MR) is 62.2 cm³/mol. The van der Waals surface area contributed by atoms with Gasteiger partial charge in [-0.15, -0.1) is 0 Å². The molecule has 1 rings (SSSR count). The van der Waals surface area contributed by atoms with Crippen LogP contribution in [0, 0.1) is 0 Å². The SMILES string of the molecule is CC(Br)C(=O)c1cc(C=O)ccc1Br. The van der Waals surface area contributed by atoms with E-state index < -0.39 is 0 Å². The Labute approximate surface area is 98.9 Å². The van der Waals surface area contributed by atoms with E-state index in [1.807, 2.05) is 0 Å². The van der Waals surface area contributed by atoms with Crippen molar-refractivity contribution in [3.8, 4) is 0 Å². The van der Waals surface area contributed by atoms with Crippen LogP contribution in [0.1, 0.15) is 27.6 Å². The van der Waals surface area contributed by atoms with Crippen LogP contribution in [-0.2, 0) is 0 Å². The lowest BCUT2D eigenvalue weighted by Crippen LogP contribution is -2.11. The van der Waals surface area contributed by atoms with Gasteiger partial charge in [0.15, 0.2) is 5.78 Å². The molecule has 0 fully saturated rings. The molecule has 0 saturated heterocycles. The van der Waals surface area contributed by atoms with Crippen molar-refractivity contribution in [2.45, 2.75) is 11.8 Å². The van der Waals surface area contributed by atoms with Crippen molar-refractivity contribution in [2.24, 2.45) is 0 Å². The van der Waals surface area contributed by atoms with Crippen molar-refractivity contribution in [2.75, 3.05) is 0 Å². The van der Waals surface area contributed by atoms with Crippen molar-refractivity contribution in [3.05, 3.63) is 33.8 Å². The van der Waals surface area contributed by atoms with E-state index in [0.29, 0.717) is 15.6 Å². The highest BCUT2D eigenvalue weighted by atomic mass is 79.9. The minimum Gasteiger partial charge on any atom is -0.298 e.